The molecule has 1 aromatic heterocycles. The molecule has 31 heavy (non-hydrogen) atoms. The fourth-order valence-electron chi connectivity index (χ4n) is 3.00. The maximum Gasteiger partial charge on any atom is 0.231 e. The highest BCUT2D eigenvalue weighted by Gasteiger charge is 2.14. The standard InChI is InChI=1S/C25H32N4O2/c1-17(2)15-31-16-22-27-23(18-8-7-9-21(14-18)30-6)29-24(28-22)26-20-12-10-19(11-13-20)25(3,4)5/h7-14,17H,15-16H2,1-6H3,(H,26,27,28,29). The molecule has 0 bridgehead atoms. The van der Waals surface area contributed by atoms with E-state index in [9.17, 15) is 0 Å². The zero-order chi connectivity index (χ0) is 22.4. The monoisotopic (exact) mass is 420 g/mol. The van der Waals surface area contributed by atoms with Gasteiger partial charge in [-0.15, -0.1) is 0 Å². The van der Waals surface area contributed by atoms with E-state index in [4.69, 9.17) is 9.47 Å². The molecule has 1 heterocycles. The molecule has 0 spiro atoms. The van der Waals surface area contributed by atoms with E-state index in [1.165, 1.54) is 5.56 Å². The van der Waals surface area contributed by atoms with Gasteiger partial charge in [0.05, 0.1) is 7.11 Å². The third-order valence-electron chi connectivity index (χ3n) is 4.70. The van der Waals surface area contributed by atoms with Crippen LogP contribution in [0.5, 0.6) is 5.75 Å². The van der Waals surface area contributed by atoms with E-state index in [2.05, 4.69) is 67.0 Å². The van der Waals surface area contributed by atoms with Crippen LogP contribution in [0, 0.1) is 5.92 Å². The predicted octanol–water partition coefficient (Wildman–Crippen LogP) is 5.76. The minimum atomic E-state index is 0.103. The summed E-state index contributed by atoms with van der Waals surface area (Å²) >= 11 is 0. The van der Waals surface area contributed by atoms with Crippen LogP contribution in [-0.4, -0.2) is 28.7 Å². The minimum absolute atomic E-state index is 0.103. The molecule has 164 valence electrons. The molecule has 0 unspecified atom stereocenters. The molecule has 6 heteroatoms. The van der Waals surface area contributed by atoms with Crippen LogP contribution in [-0.2, 0) is 16.8 Å². The molecule has 0 saturated heterocycles. The van der Waals surface area contributed by atoms with Crippen LogP contribution in [0.2, 0.25) is 0 Å². The SMILES string of the molecule is COc1cccc(-c2nc(COCC(C)C)nc(Nc3ccc(C(C)(C)C)cc3)n2)c1. The highest BCUT2D eigenvalue weighted by molar-refractivity contribution is 5.61. The van der Waals surface area contributed by atoms with Crippen LogP contribution < -0.4 is 10.1 Å². The first-order chi connectivity index (χ1) is 14.7. The molecule has 0 fully saturated rings. The number of anilines is 2. The summed E-state index contributed by atoms with van der Waals surface area (Å²) in [5, 5.41) is 3.31. The Kier molecular flexibility index (Phi) is 7.23. The zero-order valence-electron chi connectivity index (χ0n) is 19.3. The number of ether oxygens (including phenoxy) is 2. The van der Waals surface area contributed by atoms with Gasteiger partial charge >= 0.3 is 0 Å². The molecular weight excluding hydrogens is 388 g/mol. The molecule has 2 aromatic carbocycles. The second kappa shape index (κ2) is 9.88. The van der Waals surface area contributed by atoms with Gasteiger partial charge in [-0.1, -0.05) is 58.9 Å². The van der Waals surface area contributed by atoms with Crippen molar-refractivity contribution < 1.29 is 9.47 Å². The quantitative estimate of drug-likeness (QED) is 0.499. The van der Waals surface area contributed by atoms with Gasteiger partial charge in [0.2, 0.25) is 5.95 Å². The van der Waals surface area contributed by atoms with Crippen LogP contribution in [0.4, 0.5) is 11.6 Å². The molecule has 3 rings (SSSR count). The van der Waals surface area contributed by atoms with Crippen LogP contribution in [0.3, 0.4) is 0 Å². The Bertz CT molecular complexity index is 995. The van der Waals surface area contributed by atoms with Gasteiger partial charge in [0.15, 0.2) is 11.6 Å². The summed E-state index contributed by atoms with van der Waals surface area (Å²) in [7, 11) is 1.64. The number of rotatable bonds is 8. The van der Waals surface area contributed by atoms with E-state index in [-0.39, 0.29) is 5.41 Å². The second-order valence-electron chi connectivity index (χ2n) is 8.99. The van der Waals surface area contributed by atoms with Crippen LogP contribution in [0.1, 0.15) is 46.0 Å². The van der Waals surface area contributed by atoms with Gasteiger partial charge in [-0.2, -0.15) is 9.97 Å². The summed E-state index contributed by atoms with van der Waals surface area (Å²) in [6, 6.07) is 16.0. The number of nitrogens with zero attached hydrogens (tertiary/aromatic N) is 3. The average molecular weight is 421 g/mol. The minimum Gasteiger partial charge on any atom is -0.497 e. The van der Waals surface area contributed by atoms with E-state index in [1.54, 1.807) is 7.11 Å². The Labute approximate surface area is 185 Å². The fourth-order valence-corrected chi connectivity index (χ4v) is 3.00. The van der Waals surface area contributed by atoms with Crippen molar-refractivity contribution in [3.8, 4) is 17.1 Å². The van der Waals surface area contributed by atoms with Gasteiger partial charge in [0.1, 0.15) is 12.4 Å². The Morgan fingerprint density at radius 3 is 2.35 bits per heavy atom. The van der Waals surface area contributed by atoms with Crippen molar-refractivity contribution in [3.63, 3.8) is 0 Å². The van der Waals surface area contributed by atoms with E-state index in [1.807, 2.05) is 36.4 Å². The van der Waals surface area contributed by atoms with E-state index in [0.717, 1.165) is 17.0 Å². The maximum atomic E-state index is 5.77. The van der Waals surface area contributed by atoms with Crippen LogP contribution in [0.25, 0.3) is 11.4 Å². The molecule has 0 aliphatic carbocycles. The Balaban J connectivity index is 1.90. The Hall–Kier alpha value is -2.99. The number of benzene rings is 2. The summed E-state index contributed by atoms with van der Waals surface area (Å²) in [6.07, 6.45) is 0. The Morgan fingerprint density at radius 2 is 1.71 bits per heavy atom. The summed E-state index contributed by atoms with van der Waals surface area (Å²) in [5.74, 6) is 2.84. The van der Waals surface area contributed by atoms with Crippen molar-refractivity contribution in [2.75, 3.05) is 19.0 Å². The number of hydrogen-bond donors (Lipinski definition) is 1. The van der Waals surface area contributed by atoms with Crippen molar-refractivity contribution in [3.05, 3.63) is 59.9 Å². The summed E-state index contributed by atoms with van der Waals surface area (Å²) in [5.41, 5.74) is 3.16. The van der Waals surface area contributed by atoms with Gasteiger partial charge in [0.25, 0.3) is 0 Å². The molecule has 0 atom stereocenters. The number of methoxy groups -OCH3 is 1. The van der Waals surface area contributed by atoms with Crippen molar-refractivity contribution in [2.24, 2.45) is 5.92 Å². The van der Waals surface area contributed by atoms with Gasteiger partial charge in [-0.25, -0.2) is 4.98 Å². The first-order valence-corrected chi connectivity index (χ1v) is 10.6. The summed E-state index contributed by atoms with van der Waals surface area (Å²) in [4.78, 5) is 13.8. The largest absolute Gasteiger partial charge is 0.497 e. The lowest BCUT2D eigenvalue weighted by molar-refractivity contribution is 0.0923. The van der Waals surface area contributed by atoms with Crippen molar-refractivity contribution in [1.29, 1.82) is 0 Å². The van der Waals surface area contributed by atoms with E-state index >= 15 is 0 Å². The lowest BCUT2D eigenvalue weighted by Gasteiger charge is -2.19. The van der Waals surface area contributed by atoms with Crippen LogP contribution in [0.15, 0.2) is 48.5 Å². The first kappa shape index (κ1) is 22.7. The first-order valence-electron chi connectivity index (χ1n) is 10.6. The van der Waals surface area contributed by atoms with Gasteiger partial charge in [-0.3, -0.25) is 0 Å². The lowest BCUT2D eigenvalue weighted by atomic mass is 9.87. The highest BCUT2D eigenvalue weighted by atomic mass is 16.5. The van der Waals surface area contributed by atoms with Crippen LogP contribution >= 0.6 is 0 Å². The molecular formula is C25H32N4O2. The number of aromatic nitrogens is 3. The molecule has 0 radical (unpaired) electrons. The summed E-state index contributed by atoms with van der Waals surface area (Å²) in [6.45, 7) is 11.8. The molecule has 1 N–H and O–H groups in total. The second-order valence-corrected chi connectivity index (χ2v) is 8.99. The van der Waals surface area contributed by atoms with E-state index < -0.39 is 0 Å². The number of hydrogen-bond acceptors (Lipinski definition) is 6. The van der Waals surface area contributed by atoms with Gasteiger partial charge < -0.3 is 14.8 Å². The number of nitrogens with one attached hydrogen (secondary N) is 1. The van der Waals surface area contributed by atoms with Crippen molar-refractivity contribution in [1.82, 2.24) is 15.0 Å². The third kappa shape index (κ3) is 6.49. The molecule has 6 nitrogen and oxygen atoms in total. The zero-order valence-corrected chi connectivity index (χ0v) is 19.3. The molecule has 0 aliphatic rings. The molecule has 0 saturated carbocycles. The topological polar surface area (TPSA) is 69.2 Å². The summed E-state index contributed by atoms with van der Waals surface area (Å²) < 4.78 is 11.1. The lowest BCUT2D eigenvalue weighted by Crippen LogP contribution is -2.11. The van der Waals surface area contributed by atoms with Crippen molar-refractivity contribution >= 4 is 11.6 Å². The fraction of sp³-hybridized carbons (Fsp3) is 0.400. The average Bonchev–Trinajstić information content (AvgIpc) is 2.73. The normalized spacial score (nSPS) is 11.6. The maximum absolute atomic E-state index is 5.77. The van der Waals surface area contributed by atoms with E-state index in [0.29, 0.717) is 36.7 Å². The van der Waals surface area contributed by atoms with Gasteiger partial charge in [-0.05, 0) is 41.2 Å². The van der Waals surface area contributed by atoms with Gasteiger partial charge in [0, 0.05) is 17.9 Å². The molecule has 0 amide bonds. The molecule has 3 aromatic rings. The highest BCUT2D eigenvalue weighted by Crippen LogP contribution is 2.26. The predicted molar refractivity (Wildman–Crippen MR) is 125 cm³/mol. The third-order valence-corrected chi connectivity index (χ3v) is 4.70. The Morgan fingerprint density at radius 1 is 0.968 bits per heavy atom. The molecule has 0 aliphatic heterocycles. The van der Waals surface area contributed by atoms with Crippen molar-refractivity contribution in [2.45, 2.75) is 46.6 Å². The smallest absolute Gasteiger partial charge is 0.231 e.